The van der Waals surface area contributed by atoms with E-state index in [1.807, 2.05) is 12.1 Å². The summed E-state index contributed by atoms with van der Waals surface area (Å²) in [4.78, 5) is 2.40. The van der Waals surface area contributed by atoms with Crippen LogP contribution in [-0.4, -0.2) is 31.1 Å². The second-order valence-corrected chi connectivity index (χ2v) is 6.86. The van der Waals surface area contributed by atoms with E-state index >= 15 is 0 Å². The van der Waals surface area contributed by atoms with Crippen LogP contribution >= 0.6 is 11.6 Å². The van der Waals surface area contributed by atoms with Crippen LogP contribution in [0, 0.1) is 5.41 Å². The minimum Gasteiger partial charge on any atom is -0.312 e. The van der Waals surface area contributed by atoms with Crippen molar-refractivity contribution >= 4 is 11.6 Å². The van der Waals surface area contributed by atoms with Gasteiger partial charge in [-0.05, 0) is 49.5 Å². The fourth-order valence-corrected chi connectivity index (χ4v) is 2.99. The quantitative estimate of drug-likeness (QED) is 0.907. The van der Waals surface area contributed by atoms with Gasteiger partial charge in [-0.25, -0.2) is 0 Å². The molecule has 0 bridgehead atoms. The Balaban J connectivity index is 1.90. The molecule has 1 unspecified atom stereocenters. The number of nitrogens with one attached hydrogen (secondary N) is 1. The van der Waals surface area contributed by atoms with Gasteiger partial charge < -0.3 is 10.2 Å². The van der Waals surface area contributed by atoms with Gasteiger partial charge in [0.25, 0.3) is 0 Å². The minimum atomic E-state index is 0.395. The molecule has 1 aromatic carbocycles. The van der Waals surface area contributed by atoms with Gasteiger partial charge in [0.15, 0.2) is 0 Å². The normalized spacial score (nSPS) is 22.7. The first-order chi connectivity index (χ1) is 8.97. The molecule has 1 N–H and O–H groups in total. The highest BCUT2D eigenvalue weighted by Crippen LogP contribution is 2.30. The monoisotopic (exact) mass is 280 g/mol. The van der Waals surface area contributed by atoms with Crippen LogP contribution in [0.1, 0.15) is 32.3 Å². The molecule has 2 rings (SSSR count). The SMILES string of the molecule is CN(Cc1ccc(Cl)cc1)CC1NCCCC1(C)C. The van der Waals surface area contributed by atoms with E-state index in [1.54, 1.807) is 0 Å². The molecule has 0 radical (unpaired) electrons. The van der Waals surface area contributed by atoms with Crippen molar-refractivity contribution in [3.05, 3.63) is 34.9 Å². The predicted octanol–water partition coefficient (Wildman–Crippen LogP) is 3.55. The summed E-state index contributed by atoms with van der Waals surface area (Å²) in [6.07, 6.45) is 2.61. The van der Waals surface area contributed by atoms with Crippen molar-refractivity contribution in [1.82, 2.24) is 10.2 Å². The first kappa shape index (κ1) is 14.8. The molecule has 19 heavy (non-hydrogen) atoms. The third-order valence-corrected chi connectivity index (χ3v) is 4.44. The summed E-state index contributed by atoms with van der Waals surface area (Å²) >= 11 is 5.92. The number of nitrogens with zero attached hydrogens (tertiary/aromatic N) is 1. The third kappa shape index (κ3) is 4.20. The molecule has 3 heteroatoms. The van der Waals surface area contributed by atoms with Gasteiger partial charge in [-0.1, -0.05) is 37.6 Å². The molecule has 0 aromatic heterocycles. The van der Waals surface area contributed by atoms with Crippen LogP contribution in [0.2, 0.25) is 5.02 Å². The summed E-state index contributed by atoms with van der Waals surface area (Å²) < 4.78 is 0. The van der Waals surface area contributed by atoms with E-state index in [-0.39, 0.29) is 0 Å². The molecule has 2 nitrogen and oxygen atoms in total. The lowest BCUT2D eigenvalue weighted by molar-refractivity contribution is 0.136. The Labute approximate surface area is 122 Å². The van der Waals surface area contributed by atoms with Gasteiger partial charge in [0.2, 0.25) is 0 Å². The van der Waals surface area contributed by atoms with Gasteiger partial charge in [-0.15, -0.1) is 0 Å². The van der Waals surface area contributed by atoms with Crippen molar-refractivity contribution in [3.63, 3.8) is 0 Å². The highest BCUT2D eigenvalue weighted by molar-refractivity contribution is 6.30. The number of hydrogen-bond donors (Lipinski definition) is 1. The fourth-order valence-electron chi connectivity index (χ4n) is 2.86. The third-order valence-electron chi connectivity index (χ3n) is 4.19. The van der Waals surface area contributed by atoms with E-state index in [1.165, 1.54) is 18.4 Å². The maximum atomic E-state index is 5.92. The molecule has 1 saturated heterocycles. The molecular formula is C16H25ClN2. The molecule has 106 valence electrons. The van der Waals surface area contributed by atoms with Gasteiger partial charge in [-0.3, -0.25) is 0 Å². The van der Waals surface area contributed by atoms with Crippen LogP contribution in [0.4, 0.5) is 0 Å². The number of hydrogen-bond acceptors (Lipinski definition) is 2. The largest absolute Gasteiger partial charge is 0.312 e. The summed E-state index contributed by atoms with van der Waals surface area (Å²) in [6, 6.07) is 8.73. The Morgan fingerprint density at radius 1 is 1.32 bits per heavy atom. The van der Waals surface area contributed by atoms with Crippen molar-refractivity contribution in [2.24, 2.45) is 5.41 Å². The Bertz CT molecular complexity index is 400. The molecule has 1 aromatic rings. The topological polar surface area (TPSA) is 15.3 Å². The molecule has 1 fully saturated rings. The molecular weight excluding hydrogens is 256 g/mol. The number of halogens is 1. The van der Waals surface area contributed by atoms with Crippen molar-refractivity contribution < 1.29 is 0 Å². The number of benzene rings is 1. The average Bonchev–Trinajstić information content (AvgIpc) is 2.35. The Kier molecular flexibility index (Phi) is 4.88. The summed E-state index contributed by atoms with van der Waals surface area (Å²) in [5.41, 5.74) is 1.72. The van der Waals surface area contributed by atoms with Crippen molar-refractivity contribution in [1.29, 1.82) is 0 Å². The molecule has 0 aliphatic carbocycles. The zero-order valence-electron chi connectivity index (χ0n) is 12.2. The van der Waals surface area contributed by atoms with E-state index in [9.17, 15) is 0 Å². The maximum Gasteiger partial charge on any atom is 0.0406 e. The zero-order valence-corrected chi connectivity index (χ0v) is 13.0. The number of rotatable bonds is 4. The first-order valence-electron chi connectivity index (χ1n) is 7.14. The molecule has 1 aliphatic rings. The highest BCUT2D eigenvalue weighted by atomic mass is 35.5. The molecule has 1 aliphatic heterocycles. The van der Waals surface area contributed by atoms with E-state index in [0.717, 1.165) is 24.7 Å². The van der Waals surface area contributed by atoms with E-state index in [4.69, 9.17) is 11.6 Å². The number of likely N-dealkylation sites (N-methyl/N-ethyl adjacent to an activating group) is 1. The average molecular weight is 281 g/mol. The van der Waals surface area contributed by atoms with Crippen LogP contribution in [0.15, 0.2) is 24.3 Å². The van der Waals surface area contributed by atoms with Gasteiger partial charge in [0.1, 0.15) is 0 Å². The van der Waals surface area contributed by atoms with Crippen LogP contribution < -0.4 is 5.32 Å². The highest BCUT2D eigenvalue weighted by Gasteiger charge is 2.32. The van der Waals surface area contributed by atoms with Crippen molar-refractivity contribution in [2.75, 3.05) is 20.1 Å². The second-order valence-electron chi connectivity index (χ2n) is 6.42. The Morgan fingerprint density at radius 3 is 2.63 bits per heavy atom. The van der Waals surface area contributed by atoms with Crippen LogP contribution in [0.3, 0.4) is 0 Å². The zero-order chi connectivity index (χ0) is 13.9. The minimum absolute atomic E-state index is 0.395. The van der Waals surface area contributed by atoms with Crippen molar-refractivity contribution in [3.8, 4) is 0 Å². The molecule has 0 saturated carbocycles. The first-order valence-corrected chi connectivity index (χ1v) is 7.51. The lowest BCUT2D eigenvalue weighted by atomic mass is 9.77. The van der Waals surface area contributed by atoms with Crippen LogP contribution in [-0.2, 0) is 6.54 Å². The van der Waals surface area contributed by atoms with Gasteiger partial charge in [-0.2, -0.15) is 0 Å². The van der Waals surface area contributed by atoms with Crippen molar-refractivity contribution in [2.45, 2.75) is 39.3 Å². The fraction of sp³-hybridized carbons (Fsp3) is 0.625. The molecule has 0 spiro atoms. The van der Waals surface area contributed by atoms with Gasteiger partial charge in [0, 0.05) is 24.2 Å². The van der Waals surface area contributed by atoms with Gasteiger partial charge in [0.05, 0.1) is 0 Å². The number of piperidine rings is 1. The summed E-state index contributed by atoms with van der Waals surface area (Å²) in [6.45, 7) is 7.98. The summed E-state index contributed by atoms with van der Waals surface area (Å²) in [7, 11) is 2.20. The molecule has 1 heterocycles. The molecule has 0 amide bonds. The summed E-state index contributed by atoms with van der Waals surface area (Å²) in [5, 5.41) is 4.48. The Hall–Kier alpha value is -0.570. The van der Waals surface area contributed by atoms with Crippen LogP contribution in [0.5, 0.6) is 0 Å². The Morgan fingerprint density at radius 2 is 2.00 bits per heavy atom. The lowest BCUT2D eigenvalue weighted by Crippen LogP contribution is -2.52. The van der Waals surface area contributed by atoms with E-state index < -0.39 is 0 Å². The summed E-state index contributed by atoms with van der Waals surface area (Å²) in [5.74, 6) is 0. The lowest BCUT2D eigenvalue weighted by Gasteiger charge is -2.41. The van der Waals surface area contributed by atoms with Crippen LogP contribution in [0.25, 0.3) is 0 Å². The smallest absolute Gasteiger partial charge is 0.0406 e. The maximum absolute atomic E-state index is 5.92. The van der Waals surface area contributed by atoms with E-state index in [0.29, 0.717) is 11.5 Å². The van der Waals surface area contributed by atoms with Gasteiger partial charge >= 0.3 is 0 Å². The predicted molar refractivity (Wildman–Crippen MR) is 82.6 cm³/mol. The standard InChI is InChI=1S/C16H25ClN2/c1-16(2)9-4-10-18-15(16)12-19(3)11-13-5-7-14(17)8-6-13/h5-8,15,18H,4,9-12H2,1-3H3. The molecule has 1 atom stereocenters. The second kappa shape index (κ2) is 6.25. The van der Waals surface area contributed by atoms with E-state index in [2.05, 4.69) is 43.2 Å².